The van der Waals surface area contributed by atoms with Crippen LogP contribution in [0, 0.1) is 5.92 Å². The standard InChI is InChI=1S/C23H24N2O2/c1-16(19-12-13-19)24(14-18-8-4-3-5-9-18)22(26)15-25-17(2)20-10-6-7-11-21(20)23(25)27/h3-11,16,19H,2,12-15H2,1H3. The third-order valence-electron chi connectivity index (χ3n) is 5.64. The maximum absolute atomic E-state index is 13.2. The molecule has 1 heterocycles. The van der Waals surface area contributed by atoms with Crippen molar-refractivity contribution in [2.75, 3.05) is 6.54 Å². The van der Waals surface area contributed by atoms with Crippen LogP contribution in [0.5, 0.6) is 0 Å². The van der Waals surface area contributed by atoms with E-state index in [0.29, 0.717) is 23.7 Å². The number of rotatable bonds is 6. The average Bonchev–Trinajstić information content (AvgIpc) is 3.51. The molecule has 1 atom stereocenters. The van der Waals surface area contributed by atoms with Crippen LogP contribution in [0.15, 0.2) is 61.2 Å². The summed E-state index contributed by atoms with van der Waals surface area (Å²) in [4.78, 5) is 29.4. The number of benzene rings is 2. The van der Waals surface area contributed by atoms with E-state index in [1.807, 2.05) is 53.4 Å². The van der Waals surface area contributed by atoms with Gasteiger partial charge in [0.15, 0.2) is 0 Å². The highest BCUT2D eigenvalue weighted by Gasteiger charge is 2.37. The molecule has 27 heavy (non-hydrogen) atoms. The monoisotopic (exact) mass is 360 g/mol. The van der Waals surface area contributed by atoms with Crippen LogP contribution < -0.4 is 0 Å². The first kappa shape index (κ1) is 17.5. The smallest absolute Gasteiger partial charge is 0.259 e. The minimum atomic E-state index is -0.136. The van der Waals surface area contributed by atoms with Crippen LogP contribution in [0.2, 0.25) is 0 Å². The van der Waals surface area contributed by atoms with Crippen molar-refractivity contribution in [2.24, 2.45) is 5.92 Å². The Labute approximate surface area is 160 Å². The van der Waals surface area contributed by atoms with Gasteiger partial charge in [0, 0.05) is 29.4 Å². The predicted molar refractivity (Wildman–Crippen MR) is 106 cm³/mol. The molecular weight excluding hydrogens is 336 g/mol. The molecule has 1 unspecified atom stereocenters. The summed E-state index contributed by atoms with van der Waals surface area (Å²) in [5.41, 5.74) is 3.16. The molecule has 0 saturated heterocycles. The number of hydrogen-bond donors (Lipinski definition) is 0. The summed E-state index contributed by atoms with van der Waals surface area (Å²) in [5.74, 6) is 0.399. The fourth-order valence-corrected chi connectivity index (χ4v) is 3.80. The van der Waals surface area contributed by atoms with E-state index in [-0.39, 0.29) is 24.4 Å². The molecule has 0 aromatic heterocycles. The molecular formula is C23H24N2O2. The Hall–Kier alpha value is -2.88. The molecule has 1 aliphatic carbocycles. The Bertz CT molecular complexity index is 851. The highest BCUT2D eigenvalue weighted by molar-refractivity contribution is 6.10. The van der Waals surface area contributed by atoms with Gasteiger partial charge in [-0.25, -0.2) is 0 Å². The molecule has 2 aromatic rings. The van der Waals surface area contributed by atoms with Gasteiger partial charge in [0.25, 0.3) is 5.91 Å². The molecule has 0 N–H and O–H groups in total. The average molecular weight is 360 g/mol. The zero-order valence-corrected chi connectivity index (χ0v) is 15.6. The van der Waals surface area contributed by atoms with Gasteiger partial charge < -0.3 is 4.90 Å². The Kier molecular flexibility index (Phi) is 4.56. The lowest BCUT2D eigenvalue weighted by atomic mass is 10.1. The summed E-state index contributed by atoms with van der Waals surface area (Å²) in [7, 11) is 0. The quantitative estimate of drug-likeness (QED) is 0.783. The first-order valence-electron chi connectivity index (χ1n) is 9.50. The van der Waals surface area contributed by atoms with Crippen molar-refractivity contribution >= 4 is 17.5 Å². The Balaban J connectivity index is 1.53. The molecule has 1 saturated carbocycles. The summed E-state index contributed by atoms with van der Waals surface area (Å²) >= 11 is 0. The maximum atomic E-state index is 13.2. The van der Waals surface area contributed by atoms with Gasteiger partial charge >= 0.3 is 0 Å². The van der Waals surface area contributed by atoms with E-state index in [1.54, 1.807) is 6.07 Å². The molecule has 138 valence electrons. The van der Waals surface area contributed by atoms with Crippen LogP contribution >= 0.6 is 0 Å². The van der Waals surface area contributed by atoms with Gasteiger partial charge in [-0.05, 0) is 37.3 Å². The molecule has 4 nitrogen and oxygen atoms in total. The van der Waals surface area contributed by atoms with Crippen LogP contribution in [0.3, 0.4) is 0 Å². The van der Waals surface area contributed by atoms with E-state index in [2.05, 4.69) is 13.5 Å². The molecule has 0 radical (unpaired) electrons. The third kappa shape index (κ3) is 3.39. The summed E-state index contributed by atoms with van der Waals surface area (Å²) in [6.07, 6.45) is 2.33. The van der Waals surface area contributed by atoms with Crippen LogP contribution in [-0.2, 0) is 11.3 Å². The molecule has 2 aromatic carbocycles. The molecule has 2 amide bonds. The first-order valence-corrected chi connectivity index (χ1v) is 9.50. The Morgan fingerprint density at radius 1 is 1.11 bits per heavy atom. The van der Waals surface area contributed by atoms with Crippen molar-refractivity contribution in [3.63, 3.8) is 0 Å². The second kappa shape index (κ2) is 7.03. The lowest BCUT2D eigenvalue weighted by Gasteiger charge is -2.31. The number of carbonyl (C=O) groups excluding carboxylic acids is 2. The van der Waals surface area contributed by atoms with Gasteiger partial charge in [-0.1, -0.05) is 55.1 Å². The highest BCUT2D eigenvalue weighted by Crippen LogP contribution is 2.36. The lowest BCUT2D eigenvalue weighted by molar-refractivity contribution is -0.134. The highest BCUT2D eigenvalue weighted by atomic mass is 16.2. The molecule has 1 aliphatic heterocycles. The normalized spacial score (nSPS) is 17.0. The van der Waals surface area contributed by atoms with E-state index in [1.165, 1.54) is 17.7 Å². The van der Waals surface area contributed by atoms with Crippen molar-refractivity contribution in [3.05, 3.63) is 77.9 Å². The third-order valence-corrected chi connectivity index (χ3v) is 5.64. The van der Waals surface area contributed by atoms with Gasteiger partial charge in [-0.3, -0.25) is 14.5 Å². The number of amides is 2. The van der Waals surface area contributed by atoms with Crippen molar-refractivity contribution in [1.29, 1.82) is 0 Å². The lowest BCUT2D eigenvalue weighted by Crippen LogP contribution is -2.45. The summed E-state index contributed by atoms with van der Waals surface area (Å²) in [5, 5.41) is 0. The largest absolute Gasteiger partial charge is 0.334 e. The van der Waals surface area contributed by atoms with Crippen LogP contribution in [0.1, 0.15) is 41.3 Å². The van der Waals surface area contributed by atoms with Gasteiger partial charge in [-0.15, -0.1) is 0 Å². The van der Waals surface area contributed by atoms with Gasteiger partial charge in [-0.2, -0.15) is 0 Å². The number of hydrogen-bond acceptors (Lipinski definition) is 2. The molecule has 4 heteroatoms. The fourth-order valence-electron chi connectivity index (χ4n) is 3.80. The second-order valence-corrected chi connectivity index (χ2v) is 7.47. The minimum absolute atomic E-state index is 0.0273. The number of nitrogens with zero attached hydrogens (tertiary/aromatic N) is 2. The van der Waals surface area contributed by atoms with Crippen molar-refractivity contribution in [2.45, 2.75) is 32.4 Å². The second-order valence-electron chi connectivity index (χ2n) is 7.47. The zero-order chi connectivity index (χ0) is 19.0. The first-order chi connectivity index (χ1) is 13.1. The van der Waals surface area contributed by atoms with Crippen molar-refractivity contribution < 1.29 is 9.59 Å². The molecule has 1 fully saturated rings. The van der Waals surface area contributed by atoms with E-state index >= 15 is 0 Å². The van der Waals surface area contributed by atoms with Crippen LogP contribution in [0.25, 0.3) is 5.70 Å². The molecule has 2 aliphatic rings. The van der Waals surface area contributed by atoms with Crippen molar-refractivity contribution in [3.8, 4) is 0 Å². The van der Waals surface area contributed by atoms with Crippen molar-refractivity contribution in [1.82, 2.24) is 9.80 Å². The van der Waals surface area contributed by atoms with Crippen LogP contribution in [-0.4, -0.2) is 34.2 Å². The molecule has 0 spiro atoms. The van der Waals surface area contributed by atoms with Gasteiger partial charge in [0.2, 0.25) is 5.91 Å². The molecule has 4 rings (SSSR count). The fraction of sp³-hybridized carbons (Fsp3) is 0.304. The summed E-state index contributed by atoms with van der Waals surface area (Å²) in [6.45, 7) is 6.78. The minimum Gasteiger partial charge on any atom is -0.334 e. The van der Waals surface area contributed by atoms with Gasteiger partial charge in [0.1, 0.15) is 6.54 Å². The maximum Gasteiger partial charge on any atom is 0.259 e. The summed E-state index contributed by atoms with van der Waals surface area (Å²) < 4.78 is 0. The Morgan fingerprint density at radius 2 is 1.74 bits per heavy atom. The van der Waals surface area contributed by atoms with E-state index < -0.39 is 0 Å². The number of fused-ring (bicyclic) bond motifs is 1. The molecule has 0 bridgehead atoms. The summed E-state index contributed by atoms with van der Waals surface area (Å²) in [6, 6.07) is 17.6. The van der Waals surface area contributed by atoms with E-state index in [4.69, 9.17) is 0 Å². The zero-order valence-electron chi connectivity index (χ0n) is 15.6. The van der Waals surface area contributed by atoms with Gasteiger partial charge in [0.05, 0.1) is 0 Å². The predicted octanol–water partition coefficient (Wildman–Crippen LogP) is 3.94. The van der Waals surface area contributed by atoms with E-state index in [0.717, 1.165) is 11.1 Å². The van der Waals surface area contributed by atoms with E-state index in [9.17, 15) is 9.59 Å². The van der Waals surface area contributed by atoms with Crippen LogP contribution in [0.4, 0.5) is 0 Å². The Morgan fingerprint density at radius 3 is 2.37 bits per heavy atom. The SMILES string of the molecule is C=C1c2ccccc2C(=O)N1CC(=O)N(Cc1ccccc1)C(C)C1CC1. The number of carbonyl (C=O) groups is 2. The topological polar surface area (TPSA) is 40.6 Å².